The van der Waals surface area contributed by atoms with E-state index >= 15 is 0 Å². The Kier molecular flexibility index (Phi) is 4.12. The Morgan fingerprint density at radius 2 is 1.93 bits per heavy atom. The van der Waals surface area contributed by atoms with E-state index in [0.29, 0.717) is 34.9 Å². The van der Waals surface area contributed by atoms with Gasteiger partial charge in [0.2, 0.25) is 10.0 Å². The van der Waals surface area contributed by atoms with E-state index in [1.807, 2.05) is 0 Å². The number of nitrogens with zero attached hydrogens (tertiary/aromatic N) is 2. The largest absolute Gasteiger partial charge is 0.356 e. The van der Waals surface area contributed by atoms with Crippen LogP contribution in [0, 0.1) is 0 Å². The molecule has 7 nitrogen and oxygen atoms in total. The molecule has 1 aliphatic carbocycles. The first-order chi connectivity index (χ1) is 12.8. The lowest BCUT2D eigenvalue weighted by molar-refractivity contribution is -0.130. The highest BCUT2D eigenvalue weighted by molar-refractivity contribution is 7.89. The second-order valence-corrected chi connectivity index (χ2v) is 9.10. The monoisotopic (exact) mass is 386 g/mol. The molecular weight excluding hydrogens is 368 g/mol. The van der Waals surface area contributed by atoms with Crippen molar-refractivity contribution in [2.75, 3.05) is 14.1 Å². The second-order valence-electron chi connectivity index (χ2n) is 6.95. The molecule has 1 aromatic heterocycles. The summed E-state index contributed by atoms with van der Waals surface area (Å²) in [7, 11) is -0.585. The molecule has 3 aromatic rings. The van der Waals surface area contributed by atoms with E-state index < -0.39 is 15.9 Å². The van der Waals surface area contributed by atoms with Crippen molar-refractivity contribution in [3.8, 4) is 0 Å². The minimum absolute atomic E-state index is 0.0487. The standard InChI is InChI=1S/C19H18N2O5S/c1-21(2)27(24,25)13-5-7-14-11(9-13)3-8-17-18(14)19(20-26-17)15-6-4-12(22)10-16(15)23/h3,5,7-9,15H,4,6,10H2,1-2H3. The summed E-state index contributed by atoms with van der Waals surface area (Å²) in [6.45, 7) is 0. The quantitative estimate of drug-likeness (QED) is 0.642. The van der Waals surface area contributed by atoms with E-state index in [2.05, 4.69) is 5.16 Å². The average molecular weight is 386 g/mol. The van der Waals surface area contributed by atoms with Crippen LogP contribution in [0.25, 0.3) is 21.7 Å². The fraction of sp³-hybridized carbons (Fsp3) is 0.316. The van der Waals surface area contributed by atoms with Crippen molar-refractivity contribution in [2.24, 2.45) is 0 Å². The van der Waals surface area contributed by atoms with Crippen LogP contribution in [0.1, 0.15) is 30.9 Å². The van der Waals surface area contributed by atoms with Crippen LogP contribution < -0.4 is 0 Å². The highest BCUT2D eigenvalue weighted by Crippen LogP contribution is 2.37. The van der Waals surface area contributed by atoms with Crippen LogP contribution in [0.2, 0.25) is 0 Å². The Balaban J connectivity index is 1.90. The van der Waals surface area contributed by atoms with Gasteiger partial charge in [0, 0.05) is 20.5 Å². The molecule has 0 spiro atoms. The molecule has 0 bridgehead atoms. The van der Waals surface area contributed by atoms with Crippen molar-refractivity contribution in [2.45, 2.75) is 30.1 Å². The van der Waals surface area contributed by atoms with E-state index in [4.69, 9.17) is 4.52 Å². The number of fused-ring (bicyclic) bond motifs is 3. The van der Waals surface area contributed by atoms with E-state index in [1.54, 1.807) is 30.3 Å². The van der Waals surface area contributed by atoms with Gasteiger partial charge in [0.25, 0.3) is 0 Å². The maximum absolute atomic E-state index is 12.4. The SMILES string of the molecule is CN(C)S(=O)(=O)c1ccc2c(ccc3onc(C4CCC(=O)CC4=O)c32)c1. The molecule has 27 heavy (non-hydrogen) atoms. The van der Waals surface area contributed by atoms with Crippen LogP contribution in [-0.2, 0) is 19.6 Å². The summed E-state index contributed by atoms with van der Waals surface area (Å²) in [5.74, 6) is -0.669. The van der Waals surface area contributed by atoms with Gasteiger partial charge in [-0.15, -0.1) is 0 Å². The van der Waals surface area contributed by atoms with Gasteiger partial charge in [0.1, 0.15) is 17.3 Å². The number of carbonyl (C=O) groups is 2. The first-order valence-electron chi connectivity index (χ1n) is 8.58. The molecule has 0 saturated heterocycles. The van der Waals surface area contributed by atoms with Crippen molar-refractivity contribution in [3.05, 3.63) is 36.0 Å². The molecule has 1 heterocycles. The maximum atomic E-state index is 12.4. The average Bonchev–Trinajstić information content (AvgIpc) is 3.05. The summed E-state index contributed by atoms with van der Waals surface area (Å²) in [6, 6.07) is 8.35. The van der Waals surface area contributed by atoms with Gasteiger partial charge < -0.3 is 4.52 Å². The van der Waals surface area contributed by atoms with Gasteiger partial charge in [-0.1, -0.05) is 17.3 Å². The summed E-state index contributed by atoms with van der Waals surface area (Å²) < 4.78 is 31.4. The Bertz CT molecular complexity index is 1190. The number of sulfonamides is 1. The summed E-state index contributed by atoms with van der Waals surface area (Å²) in [6.07, 6.45) is 0.693. The molecule has 0 radical (unpaired) electrons. The molecule has 4 rings (SSSR count). The van der Waals surface area contributed by atoms with Crippen LogP contribution in [0.5, 0.6) is 0 Å². The van der Waals surface area contributed by atoms with Crippen molar-refractivity contribution >= 4 is 43.3 Å². The zero-order valence-corrected chi connectivity index (χ0v) is 15.7. The molecule has 2 aromatic carbocycles. The molecule has 0 amide bonds. The third-order valence-electron chi connectivity index (χ3n) is 5.03. The molecular formula is C19H18N2O5S. The van der Waals surface area contributed by atoms with Gasteiger partial charge in [0.05, 0.1) is 22.6 Å². The molecule has 1 atom stereocenters. The van der Waals surface area contributed by atoms with Gasteiger partial charge in [-0.2, -0.15) is 0 Å². The van der Waals surface area contributed by atoms with Gasteiger partial charge >= 0.3 is 0 Å². The lowest BCUT2D eigenvalue weighted by atomic mass is 9.83. The van der Waals surface area contributed by atoms with Crippen molar-refractivity contribution < 1.29 is 22.5 Å². The number of rotatable bonds is 3. The molecule has 1 saturated carbocycles. The highest BCUT2D eigenvalue weighted by Gasteiger charge is 2.32. The van der Waals surface area contributed by atoms with Crippen LogP contribution in [0.3, 0.4) is 0 Å². The summed E-state index contributed by atoms with van der Waals surface area (Å²) in [5.41, 5.74) is 1.06. The van der Waals surface area contributed by atoms with E-state index in [-0.39, 0.29) is 22.9 Å². The second kappa shape index (κ2) is 6.24. The minimum atomic E-state index is -3.55. The third kappa shape index (κ3) is 2.85. The fourth-order valence-corrected chi connectivity index (χ4v) is 4.48. The first kappa shape index (κ1) is 17.8. The fourth-order valence-electron chi connectivity index (χ4n) is 3.54. The summed E-state index contributed by atoms with van der Waals surface area (Å²) in [5, 5.41) is 6.30. The van der Waals surface area contributed by atoms with Crippen molar-refractivity contribution in [3.63, 3.8) is 0 Å². The van der Waals surface area contributed by atoms with Gasteiger partial charge in [-0.05, 0) is 35.4 Å². The summed E-state index contributed by atoms with van der Waals surface area (Å²) in [4.78, 5) is 24.1. The van der Waals surface area contributed by atoms with Crippen LogP contribution >= 0.6 is 0 Å². The van der Waals surface area contributed by atoms with E-state index in [9.17, 15) is 18.0 Å². The van der Waals surface area contributed by atoms with Gasteiger partial charge in [0.15, 0.2) is 5.58 Å². The highest BCUT2D eigenvalue weighted by atomic mass is 32.2. The maximum Gasteiger partial charge on any atom is 0.242 e. The molecule has 8 heteroatoms. The van der Waals surface area contributed by atoms with E-state index in [1.165, 1.54) is 14.1 Å². The van der Waals surface area contributed by atoms with Crippen molar-refractivity contribution in [1.82, 2.24) is 9.46 Å². The predicted molar refractivity (Wildman–Crippen MR) is 99.0 cm³/mol. The smallest absolute Gasteiger partial charge is 0.242 e. The molecule has 1 aliphatic rings. The Hall–Kier alpha value is -2.58. The zero-order valence-electron chi connectivity index (χ0n) is 14.9. The summed E-state index contributed by atoms with van der Waals surface area (Å²) >= 11 is 0. The zero-order chi connectivity index (χ0) is 19.3. The predicted octanol–water partition coefficient (Wildman–Crippen LogP) is 2.64. The number of benzene rings is 2. The number of ketones is 2. The molecule has 1 unspecified atom stereocenters. The lowest BCUT2D eigenvalue weighted by Gasteiger charge is -2.18. The van der Waals surface area contributed by atoms with E-state index in [0.717, 1.165) is 9.69 Å². The van der Waals surface area contributed by atoms with Crippen LogP contribution in [0.15, 0.2) is 39.8 Å². The van der Waals surface area contributed by atoms with Gasteiger partial charge in [-0.3, -0.25) is 9.59 Å². The van der Waals surface area contributed by atoms with Gasteiger partial charge in [-0.25, -0.2) is 12.7 Å². The molecule has 140 valence electrons. The molecule has 0 N–H and O–H groups in total. The Morgan fingerprint density at radius 1 is 1.15 bits per heavy atom. The number of hydrogen-bond acceptors (Lipinski definition) is 6. The van der Waals surface area contributed by atoms with Crippen LogP contribution in [-0.4, -0.2) is 43.5 Å². The Morgan fingerprint density at radius 3 is 2.63 bits per heavy atom. The Labute approximate surface area is 156 Å². The van der Waals surface area contributed by atoms with Crippen LogP contribution in [0.4, 0.5) is 0 Å². The minimum Gasteiger partial charge on any atom is -0.356 e. The number of aromatic nitrogens is 1. The van der Waals surface area contributed by atoms with Crippen molar-refractivity contribution in [1.29, 1.82) is 0 Å². The third-order valence-corrected chi connectivity index (χ3v) is 6.84. The normalized spacial score (nSPS) is 18.7. The number of Topliss-reactive ketones (excluding diaryl/α,β-unsaturated/α-hetero) is 2. The topological polar surface area (TPSA) is 97.6 Å². The lowest BCUT2D eigenvalue weighted by Crippen LogP contribution is -2.23. The first-order valence-corrected chi connectivity index (χ1v) is 10.0. The number of carbonyl (C=O) groups excluding carboxylic acids is 2. The molecule has 1 fully saturated rings. The number of hydrogen-bond donors (Lipinski definition) is 0. The molecule has 0 aliphatic heterocycles.